The number of carbonyl (C=O) groups excluding carboxylic acids is 1. The van der Waals surface area contributed by atoms with E-state index in [9.17, 15) is 4.79 Å². The lowest BCUT2D eigenvalue weighted by atomic mass is 10.1. The highest BCUT2D eigenvalue weighted by atomic mass is 35.5. The lowest BCUT2D eigenvalue weighted by Gasteiger charge is -2.03. The molecule has 0 saturated heterocycles. The largest absolute Gasteiger partial charge is 0.440 e. The van der Waals surface area contributed by atoms with Gasteiger partial charge < -0.3 is 9.73 Å². The van der Waals surface area contributed by atoms with E-state index in [0.717, 1.165) is 16.8 Å². The summed E-state index contributed by atoms with van der Waals surface area (Å²) in [6, 6.07) is 23.0. The zero-order chi connectivity index (χ0) is 20.1. The summed E-state index contributed by atoms with van der Waals surface area (Å²) in [4.78, 5) is 21.0. The zero-order valence-electron chi connectivity index (χ0n) is 15.5. The number of aryl methyl sites for hydroxylation is 1. The molecular weight excluding hydrogens is 386 g/mol. The van der Waals surface area contributed by atoms with Gasteiger partial charge in [0.05, 0.1) is 5.02 Å². The van der Waals surface area contributed by atoms with Crippen LogP contribution in [0.5, 0.6) is 0 Å². The number of pyridine rings is 1. The second kappa shape index (κ2) is 8.71. The number of aromatic nitrogens is 2. The number of nitrogens with one attached hydrogen (secondary N) is 1. The van der Waals surface area contributed by atoms with Crippen LogP contribution in [0.25, 0.3) is 22.6 Å². The van der Waals surface area contributed by atoms with Crippen LogP contribution in [0.3, 0.4) is 0 Å². The number of nitrogens with zero attached hydrogens (tertiary/aromatic N) is 2. The number of benzene rings is 2. The van der Waals surface area contributed by atoms with Gasteiger partial charge in [-0.3, -0.25) is 4.79 Å². The molecule has 1 amide bonds. The lowest BCUT2D eigenvalue weighted by Crippen LogP contribution is -2.13. The third kappa shape index (κ3) is 4.70. The van der Waals surface area contributed by atoms with Gasteiger partial charge in [0.15, 0.2) is 11.7 Å². The van der Waals surface area contributed by atoms with Gasteiger partial charge in [0.2, 0.25) is 5.91 Å². The minimum Gasteiger partial charge on any atom is -0.440 e. The highest BCUT2D eigenvalue weighted by molar-refractivity contribution is 6.30. The van der Waals surface area contributed by atoms with Crippen molar-refractivity contribution in [2.45, 2.75) is 12.8 Å². The quantitative estimate of drug-likeness (QED) is 0.453. The normalized spacial score (nSPS) is 10.7. The summed E-state index contributed by atoms with van der Waals surface area (Å²) < 4.78 is 6.05. The maximum atomic E-state index is 12.2. The minimum atomic E-state index is -0.166. The summed E-state index contributed by atoms with van der Waals surface area (Å²) in [5, 5.41) is 3.26. The van der Waals surface area contributed by atoms with Crippen molar-refractivity contribution in [2.24, 2.45) is 0 Å². The summed E-state index contributed by atoms with van der Waals surface area (Å²) in [5.41, 5.74) is 2.68. The van der Waals surface area contributed by atoms with E-state index in [1.54, 1.807) is 12.1 Å². The fourth-order valence-corrected chi connectivity index (χ4v) is 3.04. The van der Waals surface area contributed by atoms with Crippen LogP contribution < -0.4 is 5.32 Å². The number of amides is 1. The van der Waals surface area contributed by atoms with Crippen LogP contribution in [0.1, 0.15) is 12.3 Å². The highest BCUT2D eigenvalue weighted by Crippen LogP contribution is 2.32. The Bertz CT molecular complexity index is 1040. The lowest BCUT2D eigenvalue weighted by molar-refractivity contribution is -0.116. The molecule has 0 spiro atoms. The van der Waals surface area contributed by atoms with Crippen molar-refractivity contribution < 1.29 is 9.21 Å². The van der Waals surface area contributed by atoms with Crippen molar-refractivity contribution in [2.75, 3.05) is 5.32 Å². The molecule has 0 saturated carbocycles. The first-order valence-electron chi connectivity index (χ1n) is 9.21. The van der Waals surface area contributed by atoms with Crippen LogP contribution in [0.4, 0.5) is 5.82 Å². The standard InChI is InChI=1S/C23H18ClN3O2/c24-18-11-12-19(25-15-18)26-20(28)13-14-21-27-22(16-7-3-1-4-8-16)23(29-21)17-9-5-2-6-10-17/h1-12,15H,13-14H2,(H,25,26,28). The van der Waals surface area contributed by atoms with Crippen LogP contribution in [0.2, 0.25) is 5.02 Å². The Balaban J connectivity index is 1.53. The monoisotopic (exact) mass is 403 g/mol. The molecule has 29 heavy (non-hydrogen) atoms. The van der Waals surface area contributed by atoms with Gasteiger partial charge in [0, 0.05) is 30.2 Å². The van der Waals surface area contributed by atoms with Crippen molar-refractivity contribution >= 4 is 23.3 Å². The van der Waals surface area contributed by atoms with E-state index in [-0.39, 0.29) is 12.3 Å². The van der Waals surface area contributed by atoms with Gasteiger partial charge in [0.1, 0.15) is 11.5 Å². The predicted molar refractivity (Wildman–Crippen MR) is 114 cm³/mol. The number of hydrogen-bond acceptors (Lipinski definition) is 4. The minimum absolute atomic E-state index is 0.166. The Labute approximate surface area is 173 Å². The average Bonchev–Trinajstić information content (AvgIpc) is 3.20. The SMILES string of the molecule is O=C(CCc1nc(-c2ccccc2)c(-c2ccccc2)o1)Nc1ccc(Cl)cn1. The van der Waals surface area contributed by atoms with Crippen LogP contribution >= 0.6 is 11.6 Å². The fraction of sp³-hybridized carbons (Fsp3) is 0.0870. The second-order valence-electron chi connectivity index (χ2n) is 6.43. The van der Waals surface area contributed by atoms with Crippen LogP contribution in [-0.4, -0.2) is 15.9 Å². The third-order valence-electron chi connectivity index (χ3n) is 4.32. The van der Waals surface area contributed by atoms with E-state index in [1.807, 2.05) is 60.7 Å². The van der Waals surface area contributed by atoms with Gasteiger partial charge in [-0.05, 0) is 12.1 Å². The van der Waals surface area contributed by atoms with Gasteiger partial charge in [-0.1, -0.05) is 72.3 Å². The molecule has 0 unspecified atom stereocenters. The fourth-order valence-electron chi connectivity index (χ4n) is 2.92. The van der Waals surface area contributed by atoms with Gasteiger partial charge in [-0.2, -0.15) is 0 Å². The topological polar surface area (TPSA) is 68.0 Å². The van der Waals surface area contributed by atoms with Gasteiger partial charge >= 0.3 is 0 Å². The number of rotatable bonds is 6. The number of anilines is 1. The predicted octanol–water partition coefficient (Wildman–Crippen LogP) is 5.63. The van der Waals surface area contributed by atoms with E-state index >= 15 is 0 Å². The maximum Gasteiger partial charge on any atom is 0.226 e. The molecule has 0 aliphatic carbocycles. The smallest absolute Gasteiger partial charge is 0.226 e. The molecule has 2 heterocycles. The number of halogens is 1. The van der Waals surface area contributed by atoms with E-state index in [2.05, 4.69) is 15.3 Å². The first kappa shape index (κ1) is 18.9. The molecule has 2 aromatic carbocycles. The van der Waals surface area contributed by atoms with Crippen molar-refractivity contribution in [3.8, 4) is 22.6 Å². The maximum absolute atomic E-state index is 12.2. The van der Waals surface area contributed by atoms with E-state index in [0.29, 0.717) is 28.9 Å². The van der Waals surface area contributed by atoms with Gasteiger partial charge in [-0.15, -0.1) is 0 Å². The molecule has 0 aliphatic rings. The van der Waals surface area contributed by atoms with Crippen molar-refractivity contribution in [1.29, 1.82) is 0 Å². The molecule has 2 aromatic heterocycles. The summed E-state index contributed by atoms with van der Waals surface area (Å²) in [6.45, 7) is 0. The summed E-state index contributed by atoms with van der Waals surface area (Å²) in [6.07, 6.45) is 2.10. The van der Waals surface area contributed by atoms with Gasteiger partial charge in [0.25, 0.3) is 0 Å². The van der Waals surface area contributed by atoms with E-state index in [4.69, 9.17) is 16.0 Å². The summed E-state index contributed by atoms with van der Waals surface area (Å²) in [7, 11) is 0. The van der Waals surface area contributed by atoms with Crippen LogP contribution in [0, 0.1) is 0 Å². The second-order valence-corrected chi connectivity index (χ2v) is 6.86. The molecule has 0 bridgehead atoms. The molecule has 0 radical (unpaired) electrons. The Kier molecular flexibility index (Phi) is 5.68. The van der Waals surface area contributed by atoms with Crippen molar-refractivity contribution in [1.82, 2.24) is 9.97 Å². The first-order chi connectivity index (χ1) is 14.2. The molecule has 0 atom stereocenters. The number of carbonyl (C=O) groups is 1. The number of oxazole rings is 1. The van der Waals surface area contributed by atoms with E-state index in [1.165, 1.54) is 6.20 Å². The van der Waals surface area contributed by atoms with Crippen molar-refractivity contribution in [3.63, 3.8) is 0 Å². The summed E-state index contributed by atoms with van der Waals surface area (Å²) in [5.74, 6) is 1.51. The Morgan fingerprint density at radius 2 is 1.62 bits per heavy atom. The molecule has 1 N–H and O–H groups in total. The number of hydrogen-bond donors (Lipinski definition) is 1. The van der Waals surface area contributed by atoms with Crippen molar-refractivity contribution in [3.05, 3.63) is 89.9 Å². The van der Waals surface area contributed by atoms with E-state index < -0.39 is 0 Å². The molecular formula is C23H18ClN3O2. The molecule has 6 heteroatoms. The highest BCUT2D eigenvalue weighted by Gasteiger charge is 2.17. The van der Waals surface area contributed by atoms with Gasteiger partial charge in [-0.25, -0.2) is 9.97 Å². The molecule has 5 nitrogen and oxygen atoms in total. The third-order valence-corrected chi connectivity index (χ3v) is 4.54. The Hall–Kier alpha value is -3.44. The first-order valence-corrected chi connectivity index (χ1v) is 9.59. The zero-order valence-corrected chi connectivity index (χ0v) is 16.3. The Morgan fingerprint density at radius 3 is 2.28 bits per heavy atom. The molecule has 0 fully saturated rings. The van der Waals surface area contributed by atoms with Crippen LogP contribution in [0.15, 0.2) is 83.4 Å². The molecule has 4 rings (SSSR count). The molecule has 144 valence electrons. The Morgan fingerprint density at radius 1 is 0.931 bits per heavy atom. The molecule has 4 aromatic rings. The summed E-state index contributed by atoms with van der Waals surface area (Å²) >= 11 is 5.81. The van der Waals surface area contributed by atoms with Crippen LogP contribution in [-0.2, 0) is 11.2 Å². The molecule has 0 aliphatic heterocycles. The average molecular weight is 404 g/mol.